The van der Waals surface area contributed by atoms with Gasteiger partial charge in [-0.05, 0) is 12.1 Å². The van der Waals surface area contributed by atoms with Crippen LogP contribution >= 0.6 is 0 Å². The molecule has 2 rings (SSSR count). The predicted octanol–water partition coefficient (Wildman–Crippen LogP) is 2.84. The number of benzene rings is 1. The molecule has 0 atom stereocenters. The first-order chi connectivity index (χ1) is 8.84. The summed E-state index contributed by atoms with van der Waals surface area (Å²) >= 11 is 0. The highest BCUT2D eigenvalue weighted by Crippen LogP contribution is 2.31. The van der Waals surface area contributed by atoms with Crippen molar-refractivity contribution in [2.24, 2.45) is 7.05 Å². The van der Waals surface area contributed by atoms with Crippen molar-refractivity contribution in [2.75, 3.05) is 5.73 Å². The van der Waals surface area contributed by atoms with Crippen LogP contribution in [0.4, 0.5) is 5.82 Å². The SMILES string of the molecule is Cn1c(C(C)(C)C)nc(-c2cccc(C#N)c2)c1N. The number of nitrogen functional groups attached to an aromatic ring is 1. The van der Waals surface area contributed by atoms with Gasteiger partial charge < -0.3 is 10.3 Å². The van der Waals surface area contributed by atoms with E-state index in [1.165, 1.54) is 0 Å². The predicted molar refractivity (Wildman–Crippen MR) is 76.5 cm³/mol. The van der Waals surface area contributed by atoms with Gasteiger partial charge >= 0.3 is 0 Å². The average molecular weight is 254 g/mol. The maximum atomic E-state index is 8.96. The van der Waals surface area contributed by atoms with Gasteiger partial charge in [-0.2, -0.15) is 5.26 Å². The molecular formula is C15H18N4. The van der Waals surface area contributed by atoms with Crippen LogP contribution in [-0.2, 0) is 12.5 Å². The van der Waals surface area contributed by atoms with E-state index in [9.17, 15) is 0 Å². The maximum absolute atomic E-state index is 8.96. The van der Waals surface area contributed by atoms with E-state index in [-0.39, 0.29) is 5.41 Å². The molecule has 2 aromatic rings. The molecule has 0 radical (unpaired) electrons. The molecule has 1 aromatic carbocycles. The van der Waals surface area contributed by atoms with Crippen molar-refractivity contribution in [1.29, 1.82) is 5.26 Å². The van der Waals surface area contributed by atoms with Crippen molar-refractivity contribution in [3.8, 4) is 17.3 Å². The number of nitrogens with two attached hydrogens (primary N) is 1. The summed E-state index contributed by atoms with van der Waals surface area (Å²) in [5.74, 6) is 1.56. The van der Waals surface area contributed by atoms with Crippen molar-refractivity contribution in [2.45, 2.75) is 26.2 Å². The fourth-order valence-electron chi connectivity index (χ4n) is 2.13. The largest absolute Gasteiger partial charge is 0.383 e. The molecule has 1 aromatic heterocycles. The number of nitriles is 1. The van der Waals surface area contributed by atoms with E-state index in [4.69, 9.17) is 11.0 Å². The van der Waals surface area contributed by atoms with Crippen LogP contribution in [0.15, 0.2) is 24.3 Å². The minimum absolute atomic E-state index is 0.0754. The van der Waals surface area contributed by atoms with Crippen molar-refractivity contribution < 1.29 is 0 Å². The van der Waals surface area contributed by atoms with E-state index in [0.29, 0.717) is 11.4 Å². The van der Waals surface area contributed by atoms with E-state index in [1.54, 1.807) is 6.07 Å². The van der Waals surface area contributed by atoms with Gasteiger partial charge in [0.1, 0.15) is 17.3 Å². The molecule has 4 heteroatoms. The second-order valence-electron chi connectivity index (χ2n) is 5.67. The number of hydrogen-bond acceptors (Lipinski definition) is 3. The second kappa shape index (κ2) is 4.43. The van der Waals surface area contributed by atoms with E-state index in [0.717, 1.165) is 17.1 Å². The standard InChI is InChI=1S/C15H18N4/c1-15(2,3)14-18-12(13(17)19(14)4)11-7-5-6-10(8-11)9-16/h5-8H,17H2,1-4H3. The minimum Gasteiger partial charge on any atom is -0.383 e. The Bertz CT molecular complexity index is 654. The van der Waals surface area contributed by atoms with Crippen molar-refractivity contribution in [1.82, 2.24) is 9.55 Å². The van der Waals surface area contributed by atoms with Gasteiger partial charge in [0, 0.05) is 18.0 Å². The molecule has 0 aliphatic rings. The highest BCUT2D eigenvalue weighted by molar-refractivity contribution is 5.72. The van der Waals surface area contributed by atoms with Crippen LogP contribution in [0.2, 0.25) is 0 Å². The molecule has 0 unspecified atom stereocenters. The lowest BCUT2D eigenvalue weighted by Gasteiger charge is -2.17. The lowest BCUT2D eigenvalue weighted by Crippen LogP contribution is -2.17. The third-order valence-corrected chi connectivity index (χ3v) is 3.08. The zero-order chi connectivity index (χ0) is 14.2. The number of imidazole rings is 1. The summed E-state index contributed by atoms with van der Waals surface area (Å²) < 4.78 is 1.91. The smallest absolute Gasteiger partial charge is 0.131 e. The number of aromatic nitrogens is 2. The van der Waals surface area contributed by atoms with Gasteiger partial charge in [0.2, 0.25) is 0 Å². The molecule has 0 amide bonds. The zero-order valence-corrected chi connectivity index (χ0v) is 11.7. The first-order valence-corrected chi connectivity index (χ1v) is 6.18. The zero-order valence-electron chi connectivity index (χ0n) is 11.7. The third kappa shape index (κ3) is 2.32. The summed E-state index contributed by atoms with van der Waals surface area (Å²) in [6.45, 7) is 6.30. The minimum atomic E-state index is -0.0754. The molecule has 1 heterocycles. The Labute approximate surface area is 113 Å². The molecule has 0 fully saturated rings. The third-order valence-electron chi connectivity index (χ3n) is 3.08. The molecule has 0 aliphatic carbocycles. The molecule has 4 nitrogen and oxygen atoms in total. The molecule has 0 spiro atoms. The lowest BCUT2D eigenvalue weighted by atomic mass is 9.96. The van der Waals surface area contributed by atoms with Gasteiger partial charge in [-0.15, -0.1) is 0 Å². The summed E-state index contributed by atoms with van der Waals surface area (Å²) in [6.07, 6.45) is 0. The molecule has 0 aliphatic heterocycles. The Morgan fingerprint density at radius 2 is 2.00 bits per heavy atom. The van der Waals surface area contributed by atoms with Crippen LogP contribution in [0.3, 0.4) is 0 Å². The fourth-order valence-corrected chi connectivity index (χ4v) is 2.13. The molecule has 0 saturated carbocycles. The molecule has 19 heavy (non-hydrogen) atoms. The summed E-state index contributed by atoms with van der Waals surface area (Å²) in [5.41, 5.74) is 8.29. The normalized spacial score (nSPS) is 11.3. The summed E-state index contributed by atoms with van der Waals surface area (Å²) in [7, 11) is 1.92. The van der Waals surface area contributed by atoms with E-state index in [2.05, 4.69) is 31.8 Å². The Hall–Kier alpha value is -2.28. The first kappa shape index (κ1) is 13.2. The van der Waals surface area contributed by atoms with Crippen molar-refractivity contribution in [3.63, 3.8) is 0 Å². The molecule has 2 N–H and O–H groups in total. The summed E-state index contributed by atoms with van der Waals surface area (Å²) in [4.78, 5) is 4.65. The molecule has 0 bridgehead atoms. The van der Waals surface area contributed by atoms with Gasteiger partial charge in [0.15, 0.2) is 0 Å². The van der Waals surface area contributed by atoms with Gasteiger partial charge in [0.05, 0.1) is 11.6 Å². The van der Waals surface area contributed by atoms with Gasteiger partial charge in [-0.1, -0.05) is 32.9 Å². The van der Waals surface area contributed by atoms with Crippen LogP contribution in [0.25, 0.3) is 11.3 Å². The van der Waals surface area contributed by atoms with Crippen LogP contribution in [-0.4, -0.2) is 9.55 Å². The van der Waals surface area contributed by atoms with Gasteiger partial charge in [-0.3, -0.25) is 0 Å². The highest BCUT2D eigenvalue weighted by atomic mass is 15.1. The Kier molecular flexibility index (Phi) is 3.07. The summed E-state index contributed by atoms with van der Waals surface area (Å²) in [6, 6.07) is 9.48. The first-order valence-electron chi connectivity index (χ1n) is 6.18. The van der Waals surface area contributed by atoms with Crippen LogP contribution < -0.4 is 5.73 Å². The summed E-state index contributed by atoms with van der Waals surface area (Å²) in [5, 5.41) is 8.96. The number of hydrogen-bond donors (Lipinski definition) is 1. The number of rotatable bonds is 1. The highest BCUT2D eigenvalue weighted by Gasteiger charge is 2.23. The Balaban J connectivity index is 2.61. The van der Waals surface area contributed by atoms with E-state index >= 15 is 0 Å². The van der Waals surface area contributed by atoms with Crippen molar-refractivity contribution in [3.05, 3.63) is 35.7 Å². The molecule has 0 saturated heterocycles. The van der Waals surface area contributed by atoms with Gasteiger partial charge in [-0.25, -0.2) is 4.98 Å². The Morgan fingerprint density at radius 3 is 2.53 bits per heavy atom. The topological polar surface area (TPSA) is 67.6 Å². The number of nitrogens with zero attached hydrogens (tertiary/aromatic N) is 3. The second-order valence-corrected chi connectivity index (χ2v) is 5.67. The van der Waals surface area contributed by atoms with E-state index < -0.39 is 0 Å². The Morgan fingerprint density at radius 1 is 1.32 bits per heavy atom. The van der Waals surface area contributed by atoms with Gasteiger partial charge in [0.25, 0.3) is 0 Å². The molecule has 98 valence electrons. The quantitative estimate of drug-likeness (QED) is 0.850. The van der Waals surface area contributed by atoms with Crippen LogP contribution in [0.5, 0.6) is 0 Å². The fraction of sp³-hybridized carbons (Fsp3) is 0.333. The van der Waals surface area contributed by atoms with E-state index in [1.807, 2.05) is 29.8 Å². The maximum Gasteiger partial charge on any atom is 0.131 e. The van der Waals surface area contributed by atoms with Crippen molar-refractivity contribution >= 4 is 5.82 Å². The van der Waals surface area contributed by atoms with Crippen LogP contribution in [0, 0.1) is 11.3 Å². The lowest BCUT2D eigenvalue weighted by molar-refractivity contribution is 0.524. The average Bonchev–Trinajstić information content (AvgIpc) is 2.66. The number of anilines is 1. The molecular weight excluding hydrogens is 236 g/mol. The van der Waals surface area contributed by atoms with Crippen LogP contribution in [0.1, 0.15) is 32.2 Å². The monoisotopic (exact) mass is 254 g/mol.